The summed E-state index contributed by atoms with van der Waals surface area (Å²) >= 11 is 0. The summed E-state index contributed by atoms with van der Waals surface area (Å²) in [4.78, 5) is 1.43. The maximum Gasteiger partial charge on any atom is 0.267 e. The number of anilines is 1. The lowest BCUT2D eigenvalue weighted by Gasteiger charge is -2.27. The molecule has 2 aromatic heterocycles. The molecule has 3 heterocycles. The van der Waals surface area contributed by atoms with Crippen LogP contribution in [0.25, 0.3) is 5.52 Å². The van der Waals surface area contributed by atoms with E-state index in [4.69, 9.17) is 0 Å². The highest BCUT2D eigenvalue weighted by molar-refractivity contribution is 5.64. The number of pyridine rings is 1. The highest BCUT2D eigenvalue weighted by atomic mass is 19.3. The van der Waals surface area contributed by atoms with Gasteiger partial charge in [-0.25, -0.2) is 22.1 Å². The molecule has 0 radical (unpaired) electrons. The van der Waals surface area contributed by atoms with Gasteiger partial charge in [-0.1, -0.05) is 0 Å². The van der Waals surface area contributed by atoms with Gasteiger partial charge in [-0.2, -0.15) is 5.10 Å². The van der Waals surface area contributed by atoms with Crippen molar-refractivity contribution in [3.63, 3.8) is 0 Å². The number of nitrogens with zero attached hydrogens (tertiary/aromatic N) is 3. The summed E-state index contributed by atoms with van der Waals surface area (Å²) in [5.74, 6) is -4.31. The van der Waals surface area contributed by atoms with Crippen molar-refractivity contribution in [2.45, 2.75) is 25.3 Å². The van der Waals surface area contributed by atoms with Crippen molar-refractivity contribution in [1.29, 1.82) is 0 Å². The van der Waals surface area contributed by atoms with Crippen LogP contribution in [0.2, 0.25) is 0 Å². The lowest BCUT2D eigenvalue weighted by Crippen LogP contribution is -2.26. The van der Waals surface area contributed by atoms with Crippen LogP contribution in [0.15, 0.2) is 42.7 Å². The fourth-order valence-corrected chi connectivity index (χ4v) is 3.41. The molecule has 1 fully saturated rings. The summed E-state index contributed by atoms with van der Waals surface area (Å²) in [6.07, 6.45) is 2.80. The Balaban J connectivity index is 1.82. The zero-order valence-electron chi connectivity index (χ0n) is 13.4. The van der Waals surface area contributed by atoms with Crippen molar-refractivity contribution >= 4 is 11.2 Å². The summed E-state index contributed by atoms with van der Waals surface area (Å²) < 4.78 is 57.6. The summed E-state index contributed by atoms with van der Waals surface area (Å²) in [5.41, 5.74) is 2.16. The van der Waals surface area contributed by atoms with Crippen LogP contribution in [0.1, 0.15) is 23.6 Å². The topological polar surface area (TPSA) is 20.5 Å². The van der Waals surface area contributed by atoms with Crippen LogP contribution in [-0.2, 0) is 0 Å². The van der Waals surface area contributed by atoms with Crippen molar-refractivity contribution in [3.8, 4) is 0 Å². The minimum absolute atomic E-state index is 0.0534. The van der Waals surface area contributed by atoms with Gasteiger partial charge in [-0.15, -0.1) is 0 Å². The van der Waals surface area contributed by atoms with Crippen molar-refractivity contribution in [1.82, 2.24) is 9.61 Å². The van der Waals surface area contributed by atoms with E-state index in [2.05, 4.69) is 5.10 Å². The van der Waals surface area contributed by atoms with E-state index in [9.17, 15) is 17.6 Å². The van der Waals surface area contributed by atoms with E-state index in [0.717, 1.165) is 29.3 Å². The molecule has 3 nitrogen and oxygen atoms in total. The largest absolute Gasteiger partial charge is 0.358 e. The van der Waals surface area contributed by atoms with Crippen LogP contribution in [0.5, 0.6) is 0 Å². The number of halogens is 4. The molecule has 1 aromatic carbocycles. The van der Waals surface area contributed by atoms with Gasteiger partial charge < -0.3 is 4.90 Å². The highest BCUT2D eigenvalue weighted by Crippen LogP contribution is 2.44. The first-order chi connectivity index (χ1) is 11.8. The van der Waals surface area contributed by atoms with E-state index in [1.807, 2.05) is 6.92 Å². The van der Waals surface area contributed by atoms with Crippen molar-refractivity contribution in [3.05, 3.63) is 65.5 Å². The Morgan fingerprint density at radius 1 is 1.16 bits per heavy atom. The van der Waals surface area contributed by atoms with Crippen LogP contribution in [0.3, 0.4) is 0 Å². The van der Waals surface area contributed by atoms with E-state index in [-0.39, 0.29) is 5.56 Å². The molecule has 130 valence electrons. The highest BCUT2D eigenvalue weighted by Gasteiger charge is 2.46. The molecule has 0 spiro atoms. The summed E-state index contributed by atoms with van der Waals surface area (Å²) in [7, 11) is 0. The van der Waals surface area contributed by atoms with E-state index >= 15 is 0 Å². The number of alkyl halides is 2. The standard InChI is InChI=1S/C18H15F4N3/c1-11-9-23-25-5-4-13(7-16(11)25)24-10-18(21,22)8-17(24)14-6-12(19)2-3-15(14)20/h2-7,9,17H,8,10H2,1H3. The number of aryl methyl sites for hydroxylation is 1. The maximum absolute atomic E-state index is 14.2. The molecule has 0 bridgehead atoms. The molecule has 1 unspecified atom stereocenters. The molecule has 0 amide bonds. The zero-order valence-corrected chi connectivity index (χ0v) is 13.4. The van der Waals surface area contributed by atoms with E-state index < -0.39 is 36.6 Å². The average Bonchev–Trinajstić information content (AvgIpc) is 3.09. The monoisotopic (exact) mass is 349 g/mol. The Labute approximate surface area is 141 Å². The fourth-order valence-electron chi connectivity index (χ4n) is 3.41. The first-order valence-corrected chi connectivity index (χ1v) is 7.87. The molecular weight excluding hydrogens is 334 g/mol. The third-order valence-electron chi connectivity index (χ3n) is 4.62. The second-order valence-electron chi connectivity index (χ2n) is 6.41. The Kier molecular flexibility index (Phi) is 3.49. The normalized spacial score (nSPS) is 19.7. The van der Waals surface area contributed by atoms with Gasteiger partial charge in [0.1, 0.15) is 11.6 Å². The molecule has 1 aliphatic rings. The van der Waals surface area contributed by atoms with Gasteiger partial charge in [0, 0.05) is 23.9 Å². The molecule has 3 aromatic rings. The molecule has 0 N–H and O–H groups in total. The Hall–Kier alpha value is -2.57. The minimum Gasteiger partial charge on any atom is -0.358 e. The summed E-state index contributed by atoms with van der Waals surface area (Å²) in [6.45, 7) is 1.32. The number of rotatable bonds is 2. The minimum atomic E-state index is -2.98. The molecule has 1 atom stereocenters. The van der Waals surface area contributed by atoms with E-state index in [0.29, 0.717) is 5.69 Å². The van der Waals surface area contributed by atoms with Crippen molar-refractivity contribution in [2.24, 2.45) is 0 Å². The van der Waals surface area contributed by atoms with Gasteiger partial charge in [0.05, 0.1) is 24.3 Å². The molecule has 1 aliphatic heterocycles. The van der Waals surface area contributed by atoms with Gasteiger partial charge in [0.2, 0.25) is 0 Å². The van der Waals surface area contributed by atoms with Crippen molar-refractivity contribution < 1.29 is 17.6 Å². The van der Waals surface area contributed by atoms with E-state index in [1.165, 1.54) is 4.90 Å². The molecule has 25 heavy (non-hydrogen) atoms. The Morgan fingerprint density at radius 3 is 2.76 bits per heavy atom. The second-order valence-corrected chi connectivity index (χ2v) is 6.41. The first kappa shape index (κ1) is 15.9. The summed E-state index contributed by atoms with van der Waals surface area (Å²) in [5, 5.41) is 4.16. The Bertz CT molecular complexity index is 951. The maximum atomic E-state index is 14.2. The van der Waals surface area contributed by atoms with Crippen molar-refractivity contribution in [2.75, 3.05) is 11.4 Å². The smallest absolute Gasteiger partial charge is 0.267 e. The van der Waals surface area contributed by atoms with Crippen LogP contribution in [-0.4, -0.2) is 22.1 Å². The van der Waals surface area contributed by atoms with Gasteiger partial charge in [-0.3, -0.25) is 0 Å². The third kappa shape index (κ3) is 2.73. The zero-order chi connectivity index (χ0) is 17.8. The molecule has 7 heteroatoms. The average molecular weight is 349 g/mol. The SMILES string of the molecule is Cc1cnn2ccc(N3CC(F)(F)CC3c3cc(F)ccc3F)cc12. The van der Waals surface area contributed by atoms with Crippen LogP contribution in [0.4, 0.5) is 23.2 Å². The van der Waals surface area contributed by atoms with Gasteiger partial charge in [-0.05, 0) is 42.8 Å². The fraction of sp³-hybridized carbons (Fsp3) is 0.278. The summed E-state index contributed by atoms with van der Waals surface area (Å²) in [6, 6.07) is 5.42. The lowest BCUT2D eigenvalue weighted by molar-refractivity contribution is 0.0222. The van der Waals surface area contributed by atoms with Gasteiger partial charge >= 0.3 is 0 Å². The number of fused-ring (bicyclic) bond motifs is 1. The molecule has 0 aliphatic carbocycles. The second kappa shape index (κ2) is 5.47. The lowest BCUT2D eigenvalue weighted by atomic mass is 10.0. The van der Waals surface area contributed by atoms with Crippen LogP contribution >= 0.6 is 0 Å². The number of aromatic nitrogens is 2. The molecule has 0 saturated carbocycles. The quantitative estimate of drug-likeness (QED) is 0.635. The van der Waals surface area contributed by atoms with Crippen LogP contribution in [0, 0.1) is 18.6 Å². The number of hydrogen-bond donors (Lipinski definition) is 0. The first-order valence-electron chi connectivity index (χ1n) is 7.87. The van der Waals surface area contributed by atoms with Crippen LogP contribution < -0.4 is 4.90 Å². The third-order valence-corrected chi connectivity index (χ3v) is 4.62. The molecular formula is C18H15F4N3. The number of hydrogen-bond acceptors (Lipinski definition) is 2. The predicted molar refractivity (Wildman–Crippen MR) is 85.9 cm³/mol. The Morgan fingerprint density at radius 2 is 1.96 bits per heavy atom. The predicted octanol–water partition coefficient (Wildman–Crippen LogP) is 4.51. The van der Waals surface area contributed by atoms with E-state index in [1.54, 1.807) is 29.0 Å². The number of benzene rings is 1. The van der Waals surface area contributed by atoms with Gasteiger partial charge in [0.25, 0.3) is 5.92 Å². The molecule has 1 saturated heterocycles. The van der Waals surface area contributed by atoms with Gasteiger partial charge in [0.15, 0.2) is 0 Å². The molecule has 4 rings (SSSR count).